The Kier molecular flexibility index (Phi) is 3.69. The van der Waals surface area contributed by atoms with Crippen LogP contribution in [0, 0.1) is 6.92 Å². The van der Waals surface area contributed by atoms with Gasteiger partial charge < -0.3 is 5.11 Å². The third-order valence-electron chi connectivity index (χ3n) is 4.40. The second-order valence-corrected chi connectivity index (χ2v) is 8.33. The van der Waals surface area contributed by atoms with Crippen LogP contribution in [0.25, 0.3) is 22.0 Å². The highest BCUT2D eigenvalue weighted by Gasteiger charge is 2.38. The maximum atomic E-state index is 12.7. The Morgan fingerprint density at radius 1 is 1.31 bits per heavy atom. The number of nitrogens with zero attached hydrogens (tertiary/aromatic N) is 3. The molecule has 0 saturated heterocycles. The second-order valence-electron chi connectivity index (χ2n) is 6.24. The standard InChI is InChI=1S/C17H16N4O4S/c1-10-16-13(5-7-21(16)26(24,25)12-2-3-12)14(9-19-10)11-4-6-18-15(8-11)20-17(22)23/h4-9,12H,2-3H2,1H3,(H,18,20)(H,22,23). The lowest BCUT2D eigenvalue weighted by atomic mass is 10.0. The molecule has 1 amide bonds. The molecule has 2 N–H and O–H groups in total. The van der Waals surface area contributed by atoms with Crippen molar-refractivity contribution in [2.45, 2.75) is 25.0 Å². The number of aromatic nitrogens is 3. The summed E-state index contributed by atoms with van der Waals surface area (Å²) in [5.41, 5.74) is 2.59. The minimum atomic E-state index is -3.42. The summed E-state index contributed by atoms with van der Waals surface area (Å²) in [4.78, 5) is 19.1. The van der Waals surface area contributed by atoms with Crippen LogP contribution in [0.4, 0.5) is 10.6 Å². The zero-order valence-electron chi connectivity index (χ0n) is 13.9. The zero-order chi connectivity index (χ0) is 18.5. The van der Waals surface area contributed by atoms with E-state index in [1.807, 2.05) is 0 Å². The van der Waals surface area contributed by atoms with Crippen LogP contribution in [0.1, 0.15) is 18.5 Å². The van der Waals surface area contributed by atoms with Gasteiger partial charge in [0.05, 0.1) is 16.5 Å². The maximum Gasteiger partial charge on any atom is 0.410 e. The first-order chi connectivity index (χ1) is 12.4. The molecule has 0 spiro atoms. The lowest BCUT2D eigenvalue weighted by molar-refractivity contribution is 0.209. The zero-order valence-corrected chi connectivity index (χ0v) is 14.7. The molecule has 0 unspecified atom stereocenters. The molecular formula is C17H16N4O4S. The molecule has 3 aromatic rings. The van der Waals surface area contributed by atoms with Crippen LogP contribution in [0.2, 0.25) is 0 Å². The van der Waals surface area contributed by atoms with Gasteiger partial charge in [0, 0.05) is 29.5 Å². The maximum absolute atomic E-state index is 12.7. The van der Waals surface area contributed by atoms with Crippen LogP contribution < -0.4 is 5.32 Å². The van der Waals surface area contributed by atoms with Gasteiger partial charge in [0.15, 0.2) is 0 Å². The van der Waals surface area contributed by atoms with Gasteiger partial charge in [-0.3, -0.25) is 10.3 Å². The third kappa shape index (κ3) is 2.70. The predicted molar refractivity (Wildman–Crippen MR) is 96.7 cm³/mol. The van der Waals surface area contributed by atoms with Crippen LogP contribution in [-0.4, -0.2) is 38.8 Å². The first kappa shape index (κ1) is 16.5. The fourth-order valence-corrected chi connectivity index (χ4v) is 4.79. The van der Waals surface area contributed by atoms with Crippen LogP contribution in [0.15, 0.2) is 36.8 Å². The molecule has 0 atom stereocenters. The minimum absolute atomic E-state index is 0.189. The van der Waals surface area contributed by atoms with Gasteiger partial charge in [0.25, 0.3) is 0 Å². The molecule has 4 rings (SSSR count). The summed E-state index contributed by atoms with van der Waals surface area (Å²) in [6.45, 7) is 1.77. The largest absolute Gasteiger partial charge is 0.465 e. The molecule has 0 bridgehead atoms. The Morgan fingerprint density at radius 3 is 2.77 bits per heavy atom. The molecule has 0 aromatic carbocycles. The Hall–Kier alpha value is -2.94. The molecule has 3 aromatic heterocycles. The molecule has 1 saturated carbocycles. The number of amides is 1. The molecule has 1 aliphatic carbocycles. The summed E-state index contributed by atoms with van der Waals surface area (Å²) in [5.74, 6) is 0.189. The van der Waals surface area contributed by atoms with Gasteiger partial charge in [-0.25, -0.2) is 22.2 Å². The van der Waals surface area contributed by atoms with Crippen molar-refractivity contribution in [3.05, 3.63) is 42.5 Å². The number of aryl methyl sites for hydroxylation is 1. The number of carboxylic acid groups (broad SMARTS) is 1. The number of pyridine rings is 2. The topological polar surface area (TPSA) is 114 Å². The number of anilines is 1. The van der Waals surface area contributed by atoms with E-state index < -0.39 is 16.1 Å². The van der Waals surface area contributed by atoms with Gasteiger partial charge in [0.1, 0.15) is 5.82 Å². The highest BCUT2D eigenvalue weighted by molar-refractivity contribution is 7.91. The number of carbonyl (C=O) groups is 1. The molecule has 1 fully saturated rings. The fraction of sp³-hybridized carbons (Fsp3) is 0.235. The van der Waals surface area contributed by atoms with E-state index in [2.05, 4.69) is 15.3 Å². The number of nitrogens with one attached hydrogen (secondary N) is 1. The van der Waals surface area contributed by atoms with Crippen molar-refractivity contribution >= 4 is 32.8 Å². The van der Waals surface area contributed by atoms with Gasteiger partial charge >= 0.3 is 6.09 Å². The first-order valence-electron chi connectivity index (χ1n) is 8.05. The highest BCUT2D eigenvalue weighted by Crippen LogP contribution is 2.36. The van der Waals surface area contributed by atoms with Gasteiger partial charge in [-0.05, 0) is 43.5 Å². The van der Waals surface area contributed by atoms with E-state index in [-0.39, 0.29) is 11.1 Å². The Balaban J connectivity index is 1.89. The Morgan fingerprint density at radius 2 is 2.08 bits per heavy atom. The number of hydrogen-bond acceptors (Lipinski definition) is 5. The second kappa shape index (κ2) is 5.80. The summed E-state index contributed by atoms with van der Waals surface area (Å²) in [7, 11) is -3.42. The van der Waals surface area contributed by atoms with E-state index in [4.69, 9.17) is 5.11 Å². The molecule has 1 aliphatic rings. The Bertz CT molecular complexity index is 1130. The first-order valence-corrected chi connectivity index (χ1v) is 9.55. The number of fused-ring (bicyclic) bond motifs is 1. The lowest BCUT2D eigenvalue weighted by Crippen LogP contribution is -2.16. The molecule has 0 aliphatic heterocycles. The number of rotatable bonds is 4. The van der Waals surface area contributed by atoms with E-state index in [1.54, 1.807) is 37.5 Å². The Labute approximate surface area is 149 Å². The van der Waals surface area contributed by atoms with Crippen LogP contribution >= 0.6 is 0 Å². The molecular weight excluding hydrogens is 356 g/mol. The van der Waals surface area contributed by atoms with Crippen molar-refractivity contribution < 1.29 is 18.3 Å². The number of hydrogen-bond donors (Lipinski definition) is 2. The summed E-state index contributed by atoms with van der Waals surface area (Å²) >= 11 is 0. The van der Waals surface area contributed by atoms with Gasteiger partial charge in [-0.2, -0.15) is 0 Å². The SMILES string of the molecule is Cc1ncc(-c2ccnc(NC(=O)O)c2)c2ccn(S(=O)(=O)C3CC3)c12. The smallest absolute Gasteiger partial charge is 0.410 e. The van der Waals surface area contributed by atoms with E-state index in [0.717, 1.165) is 5.39 Å². The van der Waals surface area contributed by atoms with E-state index >= 15 is 0 Å². The molecule has 8 nitrogen and oxygen atoms in total. The fourth-order valence-electron chi connectivity index (χ4n) is 3.02. The van der Waals surface area contributed by atoms with Crippen molar-refractivity contribution in [3.8, 4) is 11.1 Å². The summed E-state index contributed by atoms with van der Waals surface area (Å²) in [6, 6.07) is 5.07. The van der Waals surface area contributed by atoms with Gasteiger partial charge in [0.2, 0.25) is 10.0 Å². The van der Waals surface area contributed by atoms with E-state index in [1.165, 1.54) is 10.2 Å². The van der Waals surface area contributed by atoms with Crippen molar-refractivity contribution in [1.82, 2.24) is 13.9 Å². The van der Waals surface area contributed by atoms with Crippen molar-refractivity contribution in [2.24, 2.45) is 0 Å². The lowest BCUT2D eigenvalue weighted by Gasteiger charge is -2.10. The minimum Gasteiger partial charge on any atom is -0.465 e. The average Bonchev–Trinajstić information content (AvgIpc) is 3.34. The van der Waals surface area contributed by atoms with Crippen molar-refractivity contribution in [1.29, 1.82) is 0 Å². The van der Waals surface area contributed by atoms with Crippen LogP contribution in [0.5, 0.6) is 0 Å². The average molecular weight is 372 g/mol. The van der Waals surface area contributed by atoms with Gasteiger partial charge in [-0.15, -0.1) is 0 Å². The molecule has 134 valence electrons. The van der Waals surface area contributed by atoms with Crippen LogP contribution in [-0.2, 0) is 10.0 Å². The predicted octanol–water partition coefficient (Wildman–Crippen LogP) is 2.84. The van der Waals surface area contributed by atoms with E-state index in [9.17, 15) is 13.2 Å². The van der Waals surface area contributed by atoms with E-state index in [0.29, 0.717) is 35.2 Å². The normalized spacial score (nSPS) is 14.5. The quantitative estimate of drug-likeness (QED) is 0.728. The molecule has 26 heavy (non-hydrogen) atoms. The monoisotopic (exact) mass is 372 g/mol. The van der Waals surface area contributed by atoms with Crippen LogP contribution in [0.3, 0.4) is 0 Å². The highest BCUT2D eigenvalue weighted by atomic mass is 32.2. The van der Waals surface area contributed by atoms with Crippen molar-refractivity contribution in [2.75, 3.05) is 5.32 Å². The summed E-state index contributed by atoms with van der Waals surface area (Å²) in [5, 5.41) is 11.5. The van der Waals surface area contributed by atoms with Gasteiger partial charge in [-0.1, -0.05) is 0 Å². The summed E-state index contributed by atoms with van der Waals surface area (Å²) < 4.78 is 26.7. The molecule has 0 radical (unpaired) electrons. The molecule has 3 heterocycles. The molecule has 9 heteroatoms. The summed E-state index contributed by atoms with van der Waals surface area (Å²) in [6.07, 6.45) is 4.87. The third-order valence-corrected chi connectivity index (χ3v) is 6.56. The van der Waals surface area contributed by atoms with Crippen molar-refractivity contribution in [3.63, 3.8) is 0 Å².